The number of fused-ring (bicyclic) bond motifs is 1. The minimum absolute atomic E-state index is 0.128. The van der Waals surface area contributed by atoms with Crippen LogP contribution in [0.1, 0.15) is 30.1 Å². The van der Waals surface area contributed by atoms with Crippen LogP contribution in [0.25, 0.3) is 11.0 Å². The molecule has 1 aliphatic carbocycles. The van der Waals surface area contributed by atoms with Gasteiger partial charge in [0.05, 0.1) is 6.54 Å². The minimum atomic E-state index is -0.656. The first-order valence-electron chi connectivity index (χ1n) is 5.31. The molecule has 0 unspecified atom stereocenters. The fourth-order valence-electron chi connectivity index (χ4n) is 2.16. The predicted molar refractivity (Wildman–Crippen MR) is 56.0 cm³/mol. The third-order valence-corrected chi connectivity index (χ3v) is 3.00. The topological polar surface area (TPSA) is 39.2 Å². The van der Waals surface area contributed by atoms with Gasteiger partial charge in [0.25, 0.3) is 0 Å². The van der Waals surface area contributed by atoms with Crippen LogP contribution in [-0.2, 0) is 6.54 Å². The number of hydrogen-bond donors (Lipinski definition) is 1. The molecule has 0 atom stereocenters. The summed E-state index contributed by atoms with van der Waals surface area (Å²) in [5.41, 5.74) is 6.59. The zero-order chi connectivity index (χ0) is 11.3. The molecule has 1 heterocycles. The SMILES string of the molecule is NCc1oc2c(F)cc(F)cc2c1C1CC1. The molecule has 4 heteroatoms. The Morgan fingerprint density at radius 1 is 1.31 bits per heavy atom. The highest BCUT2D eigenvalue weighted by Crippen LogP contribution is 2.46. The Balaban J connectivity index is 2.35. The second-order valence-electron chi connectivity index (χ2n) is 4.18. The fourth-order valence-corrected chi connectivity index (χ4v) is 2.16. The molecule has 2 aromatic rings. The molecule has 3 rings (SSSR count). The maximum atomic E-state index is 13.5. The van der Waals surface area contributed by atoms with Crippen molar-refractivity contribution in [2.24, 2.45) is 5.73 Å². The van der Waals surface area contributed by atoms with Crippen LogP contribution in [0.5, 0.6) is 0 Å². The third kappa shape index (κ3) is 1.33. The summed E-state index contributed by atoms with van der Waals surface area (Å²) in [7, 11) is 0. The highest BCUT2D eigenvalue weighted by molar-refractivity contribution is 5.84. The summed E-state index contributed by atoms with van der Waals surface area (Å²) < 4.78 is 32.0. The van der Waals surface area contributed by atoms with E-state index in [0.717, 1.165) is 24.5 Å². The van der Waals surface area contributed by atoms with E-state index in [9.17, 15) is 8.78 Å². The highest BCUT2D eigenvalue weighted by atomic mass is 19.1. The molecule has 16 heavy (non-hydrogen) atoms. The van der Waals surface area contributed by atoms with Crippen LogP contribution in [0.4, 0.5) is 8.78 Å². The molecular formula is C12H11F2NO. The van der Waals surface area contributed by atoms with Crippen molar-refractivity contribution < 1.29 is 13.2 Å². The van der Waals surface area contributed by atoms with Crippen LogP contribution in [-0.4, -0.2) is 0 Å². The third-order valence-electron chi connectivity index (χ3n) is 3.00. The van der Waals surface area contributed by atoms with Crippen molar-refractivity contribution in [3.63, 3.8) is 0 Å². The van der Waals surface area contributed by atoms with Crippen LogP contribution < -0.4 is 5.73 Å². The molecule has 1 aromatic heterocycles. The van der Waals surface area contributed by atoms with Gasteiger partial charge in [0, 0.05) is 17.0 Å². The van der Waals surface area contributed by atoms with Crippen LogP contribution in [0.3, 0.4) is 0 Å². The van der Waals surface area contributed by atoms with Crippen LogP contribution in [0, 0.1) is 11.6 Å². The number of rotatable bonds is 2. The lowest BCUT2D eigenvalue weighted by molar-refractivity contribution is 0.512. The Labute approximate surface area is 91.0 Å². The van der Waals surface area contributed by atoms with Crippen LogP contribution >= 0.6 is 0 Å². The number of benzene rings is 1. The van der Waals surface area contributed by atoms with E-state index < -0.39 is 11.6 Å². The summed E-state index contributed by atoms with van der Waals surface area (Å²) in [4.78, 5) is 0. The van der Waals surface area contributed by atoms with Crippen molar-refractivity contribution >= 4 is 11.0 Å². The van der Waals surface area contributed by atoms with E-state index in [4.69, 9.17) is 10.2 Å². The van der Waals surface area contributed by atoms with Crippen molar-refractivity contribution in [1.29, 1.82) is 0 Å². The summed E-state index contributed by atoms with van der Waals surface area (Å²) in [6.07, 6.45) is 2.08. The van der Waals surface area contributed by atoms with Crippen molar-refractivity contribution in [1.82, 2.24) is 0 Å². The van der Waals surface area contributed by atoms with Gasteiger partial charge in [-0.3, -0.25) is 0 Å². The fraction of sp³-hybridized carbons (Fsp3) is 0.333. The van der Waals surface area contributed by atoms with Gasteiger partial charge in [-0.1, -0.05) is 0 Å². The molecule has 2 nitrogen and oxygen atoms in total. The summed E-state index contributed by atoms with van der Waals surface area (Å²) in [5, 5.41) is 0.542. The molecule has 1 saturated carbocycles. The Bertz CT molecular complexity index is 558. The van der Waals surface area contributed by atoms with Crippen LogP contribution in [0.15, 0.2) is 16.5 Å². The standard InChI is InChI=1S/C12H11F2NO/c13-7-3-8-11(6-1-2-6)10(5-15)16-12(8)9(14)4-7/h3-4,6H,1-2,5,15H2. The average Bonchev–Trinajstić information content (AvgIpc) is 3.00. The van der Waals surface area contributed by atoms with Gasteiger partial charge < -0.3 is 10.2 Å². The number of halogens is 2. The Kier molecular flexibility index (Phi) is 2.01. The Hall–Kier alpha value is -1.42. The number of nitrogens with two attached hydrogens (primary N) is 1. The molecule has 1 fully saturated rings. The molecule has 0 amide bonds. The monoisotopic (exact) mass is 223 g/mol. The lowest BCUT2D eigenvalue weighted by Gasteiger charge is -1.97. The quantitative estimate of drug-likeness (QED) is 0.849. The summed E-state index contributed by atoms with van der Waals surface area (Å²) >= 11 is 0. The first kappa shape index (κ1) is 9.78. The van der Waals surface area contributed by atoms with E-state index in [1.807, 2.05) is 0 Å². The first-order chi connectivity index (χ1) is 7.70. The summed E-state index contributed by atoms with van der Waals surface area (Å²) in [6.45, 7) is 0.224. The van der Waals surface area contributed by atoms with Crippen molar-refractivity contribution in [2.75, 3.05) is 0 Å². The molecule has 1 aromatic carbocycles. The lowest BCUT2D eigenvalue weighted by atomic mass is 10.1. The average molecular weight is 223 g/mol. The molecule has 1 aliphatic rings. The molecule has 0 spiro atoms. The molecule has 0 saturated heterocycles. The predicted octanol–water partition coefficient (Wildman–Crippen LogP) is 3.05. The summed E-state index contributed by atoms with van der Waals surface area (Å²) in [5.74, 6) is -0.282. The minimum Gasteiger partial charge on any atom is -0.456 e. The summed E-state index contributed by atoms with van der Waals surface area (Å²) in [6, 6.07) is 2.16. The second kappa shape index (κ2) is 3.28. The van der Waals surface area contributed by atoms with Gasteiger partial charge in [0.1, 0.15) is 11.6 Å². The van der Waals surface area contributed by atoms with E-state index >= 15 is 0 Å². The zero-order valence-corrected chi connectivity index (χ0v) is 8.59. The van der Waals surface area contributed by atoms with Gasteiger partial charge in [-0.15, -0.1) is 0 Å². The largest absolute Gasteiger partial charge is 0.456 e. The lowest BCUT2D eigenvalue weighted by Crippen LogP contribution is -1.97. The van der Waals surface area contributed by atoms with Crippen molar-refractivity contribution in [3.8, 4) is 0 Å². The smallest absolute Gasteiger partial charge is 0.170 e. The molecule has 2 N–H and O–H groups in total. The normalized spacial score (nSPS) is 15.9. The molecular weight excluding hydrogens is 212 g/mol. The first-order valence-corrected chi connectivity index (χ1v) is 5.31. The second-order valence-corrected chi connectivity index (χ2v) is 4.18. The Morgan fingerprint density at radius 2 is 2.06 bits per heavy atom. The number of hydrogen-bond acceptors (Lipinski definition) is 2. The van der Waals surface area contributed by atoms with Gasteiger partial charge in [-0.25, -0.2) is 8.78 Å². The van der Waals surface area contributed by atoms with E-state index in [2.05, 4.69) is 0 Å². The van der Waals surface area contributed by atoms with E-state index in [1.165, 1.54) is 6.07 Å². The van der Waals surface area contributed by atoms with Crippen molar-refractivity contribution in [2.45, 2.75) is 25.3 Å². The Morgan fingerprint density at radius 3 is 2.69 bits per heavy atom. The molecule has 0 aliphatic heterocycles. The highest BCUT2D eigenvalue weighted by Gasteiger charge is 2.31. The van der Waals surface area contributed by atoms with Gasteiger partial charge in [0.2, 0.25) is 0 Å². The van der Waals surface area contributed by atoms with E-state index in [1.54, 1.807) is 0 Å². The maximum absolute atomic E-state index is 13.5. The van der Waals surface area contributed by atoms with Crippen molar-refractivity contribution in [3.05, 3.63) is 35.1 Å². The van der Waals surface area contributed by atoms with Gasteiger partial charge in [-0.05, 0) is 24.8 Å². The van der Waals surface area contributed by atoms with Crippen LogP contribution in [0.2, 0.25) is 0 Å². The maximum Gasteiger partial charge on any atom is 0.170 e. The van der Waals surface area contributed by atoms with E-state index in [-0.39, 0.29) is 12.1 Å². The van der Waals surface area contributed by atoms with Gasteiger partial charge in [0.15, 0.2) is 11.4 Å². The van der Waals surface area contributed by atoms with Gasteiger partial charge >= 0.3 is 0 Å². The molecule has 0 bridgehead atoms. The number of furan rings is 1. The van der Waals surface area contributed by atoms with Gasteiger partial charge in [-0.2, -0.15) is 0 Å². The zero-order valence-electron chi connectivity index (χ0n) is 8.59. The molecule has 84 valence electrons. The van der Waals surface area contributed by atoms with E-state index in [0.29, 0.717) is 17.1 Å². The molecule has 0 radical (unpaired) electrons.